The molecule has 0 aromatic heterocycles. The van der Waals surface area contributed by atoms with Gasteiger partial charge in [0.2, 0.25) is 0 Å². The fourth-order valence-corrected chi connectivity index (χ4v) is 5.29. The van der Waals surface area contributed by atoms with Gasteiger partial charge in [-0.2, -0.15) is 0 Å². The van der Waals surface area contributed by atoms with Crippen LogP contribution in [0.1, 0.15) is 32.3 Å². The van der Waals surface area contributed by atoms with E-state index < -0.39 is 9.84 Å². The number of methoxy groups -OCH3 is 1. The molecule has 0 saturated carbocycles. The summed E-state index contributed by atoms with van der Waals surface area (Å²) in [5, 5.41) is 0. The molecule has 2 aromatic carbocycles. The molecule has 3 rings (SSSR count). The average molecular weight is 402 g/mol. The molecular formula is C23H31NO3S. The van der Waals surface area contributed by atoms with E-state index in [1.54, 1.807) is 19.1 Å². The Balaban J connectivity index is 1.64. The Labute approximate surface area is 169 Å². The lowest BCUT2D eigenvalue weighted by Crippen LogP contribution is -2.28. The van der Waals surface area contributed by atoms with Crippen LogP contribution >= 0.6 is 0 Å². The van der Waals surface area contributed by atoms with Crippen molar-refractivity contribution in [1.29, 1.82) is 0 Å². The molecule has 1 saturated heterocycles. The number of hydrogen-bond acceptors (Lipinski definition) is 4. The number of sulfone groups is 1. The summed E-state index contributed by atoms with van der Waals surface area (Å²) in [5.74, 6) is -0.00677. The van der Waals surface area contributed by atoms with Crippen molar-refractivity contribution in [2.24, 2.45) is 0 Å². The maximum Gasteiger partial charge on any atom is 0.180 e. The van der Waals surface area contributed by atoms with Gasteiger partial charge in [-0.15, -0.1) is 0 Å². The van der Waals surface area contributed by atoms with Gasteiger partial charge in [0.05, 0.1) is 16.8 Å². The fraction of sp³-hybridized carbons (Fsp3) is 0.478. The Morgan fingerprint density at radius 3 is 2.21 bits per heavy atom. The molecule has 2 aromatic rings. The SMILES string of the molecule is CO[C@H](C)CS(=O)(=O)c1ccc(-c2ccc(CCN3CCCC3C)cc2)cc1. The summed E-state index contributed by atoms with van der Waals surface area (Å²) in [4.78, 5) is 2.91. The van der Waals surface area contributed by atoms with Crippen molar-refractivity contribution in [1.82, 2.24) is 4.90 Å². The predicted molar refractivity (Wildman–Crippen MR) is 114 cm³/mol. The lowest BCUT2D eigenvalue weighted by atomic mass is 10.0. The number of nitrogens with zero attached hydrogens (tertiary/aromatic N) is 1. The van der Waals surface area contributed by atoms with Gasteiger partial charge in [0.15, 0.2) is 9.84 Å². The third-order valence-corrected chi connectivity index (χ3v) is 7.63. The minimum absolute atomic E-state index is 0.00677. The van der Waals surface area contributed by atoms with Crippen LogP contribution < -0.4 is 0 Å². The van der Waals surface area contributed by atoms with E-state index in [4.69, 9.17) is 4.74 Å². The average Bonchev–Trinajstić information content (AvgIpc) is 3.11. The van der Waals surface area contributed by atoms with Gasteiger partial charge in [0.25, 0.3) is 0 Å². The molecule has 0 spiro atoms. The van der Waals surface area contributed by atoms with Crippen molar-refractivity contribution in [3.8, 4) is 11.1 Å². The van der Waals surface area contributed by atoms with Gasteiger partial charge >= 0.3 is 0 Å². The zero-order valence-corrected chi connectivity index (χ0v) is 17.9. The monoisotopic (exact) mass is 401 g/mol. The van der Waals surface area contributed by atoms with Crippen molar-refractivity contribution in [3.63, 3.8) is 0 Å². The van der Waals surface area contributed by atoms with Crippen LogP contribution in [0.25, 0.3) is 11.1 Å². The van der Waals surface area contributed by atoms with E-state index in [1.807, 2.05) is 12.1 Å². The first-order valence-corrected chi connectivity index (χ1v) is 11.7. The molecule has 1 fully saturated rings. The van der Waals surface area contributed by atoms with Gasteiger partial charge in [-0.1, -0.05) is 36.4 Å². The van der Waals surface area contributed by atoms with Crippen LogP contribution in [0.5, 0.6) is 0 Å². The summed E-state index contributed by atoms with van der Waals surface area (Å²) >= 11 is 0. The number of hydrogen-bond donors (Lipinski definition) is 0. The first-order valence-electron chi connectivity index (χ1n) is 10.1. The van der Waals surface area contributed by atoms with Crippen LogP contribution in [0.4, 0.5) is 0 Å². The van der Waals surface area contributed by atoms with Gasteiger partial charge in [-0.05, 0) is 68.5 Å². The van der Waals surface area contributed by atoms with E-state index in [0.29, 0.717) is 10.9 Å². The normalized spacial score (nSPS) is 19.0. The van der Waals surface area contributed by atoms with Crippen LogP contribution in [-0.4, -0.2) is 51.4 Å². The highest BCUT2D eigenvalue weighted by molar-refractivity contribution is 7.91. The van der Waals surface area contributed by atoms with Crippen LogP contribution in [0, 0.1) is 0 Å². The zero-order valence-electron chi connectivity index (χ0n) is 17.1. The summed E-state index contributed by atoms with van der Waals surface area (Å²) in [5.41, 5.74) is 3.47. The van der Waals surface area contributed by atoms with Crippen molar-refractivity contribution in [2.45, 2.75) is 50.2 Å². The van der Waals surface area contributed by atoms with Crippen molar-refractivity contribution < 1.29 is 13.2 Å². The second kappa shape index (κ2) is 9.21. The molecule has 5 heteroatoms. The van der Waals surface area contributed by atoms with Gasteiger partial charge in [-0.25, -0.2) is 8.42 Å². The molecule has 0 aliphatic carbocycles. The molecular weight excluding hydrogens is 370 g/mol. The summed E-state index contributed by atoms with van der Waals surface area (Å²) in [6.07, 6.45) is 3.38. The van der Waals surface area contributed by atoms with Gasteiger partial charge in [-0.3, -0.25) is 0 Å². The van der Waals surface area contributed by atoms with E-state index in [9.17, 15) is 8.42 Å². The topological polar surface area (TPSA) is 46.6 Å². The van der Waals surface area contributed by atoms with Crippen molar-refractivity contribution in [2.75, 3.05) is 26.0 Å². The minimum atomic E-state index is -3.33. The second-order valence-electron chi connectivity index (χ2n) is 7.83. The van der Waals surface area contributed by atoms with Crippen LogP contribution in [0.15, 0.2) is 53.4 Å². The smallest absolute Gasteiger partial charge is 0.180 e. The maximum absolute atomic E-state index is 12.4. The van der Waals surface area contributed by atoms with Crippen molar-refractivity contribution >= 4 is 9.84 Å². The highest BCUT2D eigenvalue weighted by Gasteiger charge is 2.20. The highest BCUT2D eigenvalue weighted by Crippen LogP contribution is 2.23. The number of benzene rings is 2. The standard InChI is InChI=1S/C23H31NO3S/c1-18-5-4-15-24(18)16-14-20-6-8-21(9-7-20)22-10-12-23(13-11-22)28(25,26)17-19(2)27-3/h6-13,18-19H,4-5,14-17H2,1-3H3/t18?,19-/m1/s1. The second-order valence-corrected chi connectivity index (χ2v) is 9.86. The third-order valence-electron chi connectivity index (χ3n) is 5.74. The zero-order chi connectivity index (χ0) is 20.1. The number of ether oxygens (including phenoxy) is 1. The summed E-state index contributed by atoms with van der Waals surface area (Å²) in [6, 6.07) is 16.5. The van der Waals surface area contributed by atoms with Crippen molar-refractivity contribution in [3.05, 3.63) is 54.1 Å². The van der Waals surface area contributed by atoms with Gasteiger partial charge in [0.1, 0.15) is 0 Å². The lowest BCUT2D eigenvalue weighted by Gasteiger charge is -2.20. The molecule has 0 amide bonds. The lowest BCUT2D eigenvalue weighted by molar-refractivity contribution is 0.136. The molecule has 1 aliphatic rings. The Morgan fingerprint density at radius 1 is 1.07 bits per heavy atom. The highest BCUT2D eigenvalue weighted by atomic mass is 32.2. The Bertz CT molecular complexity index is 860. The molecule has 0 bridgehead atoms. The molecule has 1 aliphatic heterocycles. The molecule has 4 nitrogen and oxygen atoms in total. The van der Waals surface area contributed by atoms with E-state index >= 15 is 0 Å². The Hall–Kier alpha value is -1.69. The first-order chi connectivity index (χ1) is 13.4. The molecule has 1 heterocycles. The molecule has 2 atom stereocenters. The largest absolute Gasteiger partial charge is 0.381 e. The van der Waals surface area contributed by atoms with Crippen LogP contribution in [0.3, 0.4) is 0 Å². The molecule has 1 unspecified atom stereocenters. The maximum atomic E-state index is 12.4. The summed E-state index contributed by atoms with van der Waals surface area (Å²) in [6.45, 7) is 6.42. The van der Waals surface area contributed by atoms with Gasteiger partial charge < -0.3 is 9.64 Å². The van der Waals surface area contributed by atoms with Crippen LogP contribution in [-0.2, 0) is 21.0 Å². The molecule has 28 heavy (non-hydrogen) atoms. The van der Waals surface area contributed by atoms with E-state index in [0.717, 1.165) is 24.1 Å². The molecule has 0 N–H and O–H groups in total. The Kier molecular flexibility index (Phi) is 6.91. The van der Waals surface area contributed by atoms with E-state index in [-0.39, 0.29) is 11.9 Å². The first kappa shape index (κ1) is 21.0. The minimum Gasteiger partial charge on any atom is -0.381 e. The fourth-order valence-electron chi connectivity index (χ4n) is 3.79. The molecule has 152 valence electrons. The summed E-state index contributed by atoms with van der Waals surface area (Å²) in [7, 11) is -1.80. The van der Waals surface area contributed by atoms with Gasteiger partial charge in [0, 0.05) is 19.7 Å². The molecule has 0 radical (unpaired) electrons. The van der Waals surface area contributed by atoms with E-state index in [1.165, 1.54) is 32.1 Å². The van der Waals surface area contributed by atoms with Crippen LogP contribution in [0.2, 0.25) is 0 Å². The summed E-state index contributed by atoms with van der Waals surface area (Å²) < 4.78 is 29.9. The van der Waals surface area contributed by atoms with E-state index in [2.05, 4.69) is 36.1 Å². The number of likely N-dealkylation sites (tertiary alicyclic amines) is 1. The Morgan fingerprint density at radius 2 is 1.68 bits per heavy atom. The quantitative estimate of drug-likeness (QED) is 0.665. The third kappa shape index (κ3) is 5.22. The number of rotatable bonds is 8. The predicted octanol–water partition coefficient (Wildman–Crippen LogP) is 4.19.